The third kappa shape index (κ3) is 4.14. The molecule has 96 valence electrons. The van der Waals surface area contributed by atoms with Crippen molar-refractivity contribution in [2.45, 2.75) is 33.3 Å². The minimum Gasteiger partial charge on any atom is -0.443 e. The normalized spacial score (nSPS) is 10.6. The first-order chi connectivity index (χ1) is 8.33. The van der Waals surface area contributed by atoms with Gasteiger partial charge in [0, 0.05) is 5.69 Å². The summed E-state index contributed by atoms with van der Waals surface area (Å²) in [5.74, 6) is 2.47. The lowest BCUT2D eigenvalue weighted by Gasteiger charge is -2.26. The molecular formula is C15H19NO2. The minimum atomic E-state index is -0.533. The molecule has 18 heavy (non-hydrogen) atoms. The first-order valence-electron chi connectivity index (χ1n) is 5.84. The molecule has 0 spiro atoms. The van der Waals surface area contributed by atoms with Gasteiger partial charge < -0.3 is 4.74 Å². The number of anilines is 1. The van der Waals surface area contributed by atoms with Gasteiger partial charge in [-0.25, -0.2) is 4.79 Å². The Morgan fingerprint density at radius 1 is 1.33 bits per heavy atom. The van der Waals surface area contributed by atoms with Crippen molar-refractivity contribution in [1.29, 1.82) is 0 Å². The number of hydrogen-bond donors (Lipinski definition) is 0. The van der Waals surface area contributed by atoms with Crippen molar-refractivity contribution < 1.29 is 9.53 Å². The van der Waals surface area contributed by atoms with Crippen LogP contribution in [0.15, 0.2) is 24.3 Å². The summed E-state index contributed by atoms with van der Waals surface area (Å²) in [4.78, 5) is 13.5. The molecule has 0 saturated carbocycles. The third-order valence-electron chi connectivity index (χ3n) is 2.21. The third-order valence-corrected chi connectivity index (χ3v) is 2.21. The summed E-state index contributed by atoms with van der Waals surface area (Å²) in [5, 5.41) is 0. The van der Waals surface area contributed by atoms with Crippen molar-refractivity contribution in [2.75, 3.05) is 11.4 Å². The van der Waals surface area contributed by atoms with E-state index in [0.717, 1.165) is 11.3 Å². The fourth-order valence-electron chi connectivity index (χ4n) is 1.39. The monoisotopic (exact) mass is 245 g/mol. The highest BCUT2D eigenvalue weighted by molar-refractivity contribution is 5.88. The van der Waals surface area contributed by atoms with Crippen LogP contribution >= 0.6 is 0 Å². The number of benzene rings is 1. The van der Waals surface area contributed by atoms with Crippen molar-refractivity contribution in [3.63, 3.8) is 0 Å². The van der Waals surface area contributed by atoms with E-state index in [1.165, 1.54) is 4.90 Å². The summed E-state index contributed by atoms with van der Waals surface area (Å²) in [6, 6.07) is 7.58. The maximum Gasteiger partial charge on any atom is 0.415 e. The van der Waals surface area contributed by atoms with E-state index < -0.39 is 11.7 Å². The van der Waals surface area contributed by atoms with Crippen LogP contribution < -0.4 is 4.90 Å². The number of amides is 1. The van der Waals surface area contributed by atoms with Crippen LogP contribution in [0.3, 0.4) is 0 Å². The van der Waals surface area contributed by atoms with E-state index in [9.17, 15) is 4.79 Å². The molecule has 1 aromatic carbocycles. The van der Waals surface area contributed by atoms with Gasteiger partial charge in [-0.1, -0.05) is 23.6 Å². The molecule has 1 aromatic rings. The second kappa shape index (κ2) is 5.59. The molecule has 0 saturated heterocycles. The Bertz CT molecular complexity index is 449. The average molecular weight is 245 g/mol. The zero-order valence-electron chi connectivity index (χ0n) is 11.4. The molecule has 0 heterocycles. The van der Waals surface area contributed by atoms with Gasteiger partial charge in [-0.3, -0.25) is 4.90 Å². The first kappa shape index (κ1) is 14.1. The molecular weight excluding hydrogens is 226 g/mol. The van der Waals surface area contributed by atoms with Crippen LogP contribution in [-0.2, 0) is 4.74 Å². The van der Waals surface area contributed by atoms with Crippen LogP contribution in [-0.4, -0.2) is 18.2 Å². The van der Waals surface area contributed by atoms with E-state index >= 15 is 0 Å². The van der Waals surface area contributed by atoms with Gasteiger partial charge in [0.2, 0.25) is 0 Å². The molecule has 0 aromatic heterocycles. The van der Waals surface area contributed by atoms with Crippen molar-refractivity contribution in [3.8, 4) is 12.3 Å². The van der Waals surface area contributed by atoms with Crippen molar-refractivity contribution in [2.24, 2.45) is 0 Å². The molecule has 0 N–H and O–H groups in total. The fraction of sp³-hybridized carbons (Fsp3) is 0.400. The van der Waals surface area contributed by atoms with Crippen LogP contribution in [0.1, 0.15) is 26.3 Å². The molecule has 1 amide bonds. The highest BCUT2D eigenvalue weighted by Crippen LogP contribution is 2.18. The van der Waals surface area contributed by atoms with Crippen LogP contribution in [0.2, 0.25) is 0 Å². The summed E-state index contributed by atoms with van der Waals surface area (Å²) in [5.41, 5.74) is 1.34. The second-order valence-electron chi connectivity index (χ2n) is 5.11. The largest absolute Gasteiger partial charge is 0.443 e. The summed E-state index contributed by atoms with van der Waals surface area (Å²) in [7, 11) is 0. The van der Waals surface area contributed by atoms with Gasteiger partial charge in [-0.05, 0) is 39.8 Å². The predicted molar refractivity (Wildman–Crippen MR) is 73.6 cm³/mol. The lowest BCUT2D eigenvalue weighted by molar-refractivity contribution is 0.0585. The molecule has 1 rings (SSSR count). The van der Waals surface area contributed by atoms with Crippen LogP contribution in [0.25, 0.3) is 0 Å². The predicted octanol–water partition coefficient (Wildman–Crippen LogP) is 3.37. The molecule has 0 aliphatic carbocycles. The maximum atomic E-state index is 12.0. The number of carbonyl (C=O) groups is 1. The summed E-state index contributed by atoms with van der Waals surface area (Å²) in [6.07, 6.45) is 4.87. The van der Waals surface area contributed by atoms with Crippen molar-refractivity contribution >= 4 is 11.8 Å². The fourth-order valence-corrected chi connectivity index (χ4v) is 1.39. The highest BCUT2D eigenvalue weighted by atomic mass is 16.6. The summed E-state index contributed by atoms with van der Waals surface area (Å²) >= 11 is 0. The topological polar surface area (TPSA) is 29.5 Å². The number of rotatable bonds is 2. The van der Waals surface area contributed by atoms with Gasteiger partial charge in [0.05, 0.1) is 6.54 Å². The maximum absolute atomic E-state index is 12.0. The summed E-state index contributed by atoms with van der Waals surface area (Å²) < 4.78 is 5.33. The molecule has 0 aliphatic heterocycles. The van der Waals surface area contributed by atoms with Gasteiger partial charge in [-0.2, -0.15) is 0 Å². The Labute approximate surface area is 109 Å². The number of aryl methyl sites for hydroxylation is 1. The molecule has 0 fully saturated rings. The van der Waals surface area contributed by atoms with Gasteiger partial charge in [0.15, 0.2) is 0 Å². The second-order valence-corrected chi connectivity index (χ2v) is 5.11. The standard InChI is InChI=1S/C15H19NO2/c1-6-11-16(14(17)18-15(3,4)5)13-9-7-12(2)8-10-13/h1,7-10H,11H2,2-5H3. The first-order valence-corrected chi connectivity index (χ1v) is 5.84. The van der Waals surface area contributed by atoms with Gasteiger partial charge >= 0.3 is 6.09 Å². The van der Waals surface area contributed by atoms with E-state index in [2.05, 4.69) is 5.92 Å². The Morgan fingerprint density at radius 3 is 2.33 bits per heavy atom. The molecule has 3 heteroatoms. The zero-order valence-corrected chi connectivity index (χ0v) is 11.4. The summed E-state index contributed by atoms with van der Waals surface area (Å²) in [6.45, 7) is 7.66. The molecule has 0 bridgehead atoms. The van der Waals surface area contributed by atoms with E-state index in [-0.39, 0.29) is 6.54 Å². The van der Waals surface area contributed by atoms with Crippen molar-refractivity contribution in [3.05, 3.63) is 29.8 Å². The highest BCUT2D eigenvalue weighted by Gasteiger charge is 2.22. The van der Waals surface area contributed by atoms with Gasteiger partial charge in [0.1, 0.15) is 5.60 Å². The van der Waals surface area contributed by atoms with E-state index in [0.29, 0.717) is 0 Å². The number of ether oxygens (including phenoxy) is 1. The molecule has 0 unspecified atom stereocenters. The van der Waals surface area contributed by atoms with Crippen LogP contribution in [0.4, 0.5) is 10.5 Å². The van der Waals surface area contributed by atoms with E-state index in [1.807, 2.05) is 52.0 Å². The molecule has 0 atom stereocenters. The molecule has 0 aliphatic rings. The van der Waals surface area contributed by atoms with Crippen LogP contribution in [0, 0.1) is 19.3 Å². The number of nitrogens with zero attached hydrogens (tertiary/aromatic N) is 1. The Balaban J connectivity index is 2.93. The smallest absolute Gasteiger partial charge is 0.415 e. The van der Waals surface area contributed by atoms with Gasteiger partial charge in [-0.15, -0.1) is 6.42 Å². The van der Waals surface area contributed by atoms with Crippen molar-refractivity contribution in [1.82, 2.24) is 0 Å². The van der Waals surface area contributed by atoms with Crippen LogP contribution in [0.5, 0.6) is 0 Å². The number of terminal acetylenes is 1. The number of carbonyl (C=O) groups excluding carboxylic acids is 1. The van der Waals surface area contributed by atoms with E-state index in [4.69, 9.17) is 11.2 Å². The SMILES string of the molecule is C#CCN(C(=O)OC(C)(C)C)c1ccc(C)cc1. The Hall–Kier alpha value is -1.95. The molecule has 0 radical (unpaired) electrons. The molecule has 3 nitrogen and oxygen atoms in total. The lowest BCUT2D eigenvalue weighted by Crippen LogP contribution is -2.37. The lowest BCUT2D eigenvalue weighted by atomic mass is 10.2. The zero-order chi connectivity index (χ0) is 13.8. The van der Waals surface area contributed by atoms with E-state index in [1.54, 1.807) is 0 Å². The Kier molecular flexibility index (Phi) is 4.38. The minimum absolute atomic E-state index is 0.192. The number of hydrogen-bond acceptors (Lipinski definition) is 2. The quantitative estimate of drug-likeness (QED) is 0.748. The Morgan fingerprint density at radius 2 is 1.89 bits per heavy atom. The van der Waals surface area contributed by atoms with Gasteiger partial charge in [0.25, 0.3) is 0 Å². The average Bonchev–Trinajstić information content (AvgIpc) is 2.25.